The average molecular weight is 254 g/mol. The van der Waals surface area contributed by atoms with Crippen LogP contribution in [0.25, 0.3) is 0 Å². The highest BCUT2D eigenvalue weighted by Gasteiger charge is 2.15. The Morgan fingerprint density at radius 2 is 2.17 bits per heavy atom. The van der Waals surface area contributed by atoms with Gasteiger partial charge in [0, 0.05) is 32.8 Å². The zero-order valence-electron chi connectivity index (χ0n) is 10.4. The molecule has 1 aromatic heterocycles. The molecule has 0 bridgehead atoms. The van der Waals surface area contributed by atoms with Gasteiger partial charge in [-0.2, -0.15) is 0 Å². The summed E-state index contributed by atoms with van der Waals surface area (Å²) in [5.41, 5.74) is 6.65. The summed E-state index contributed by atoms with van der Waals surface area (Å²) in [6.07, 6.45) is 3.55. The van der Waals surface area contributed by atoms with Crippen LogP contribution in [0.1, 0.15) is 6.42 Å². The Kier molecular flexibility index (Phi) is 4.72. The lowest BCUT2D eigenvalue weighted by molar-refractivity contribution is 0.133. The van der Waals surface area contributed by atoms with Crippen molar-refractivity contribution in [2.24, 2.45) is 0 Å². The SMILES string of the molecule is Nc1cncc(F)c1N1CCCOCCNCC1. The van der Waals surface area contributed by atoms with Crippen molar-refractivity contribution in [3.63, 3.8) is 0 Å². The summed E-state index contributed by atoms with van der Waals surface area (Å²) >= 11 is 0. The van der Waals surface area contributed by atoms with Crippen molar-refractivity contribution in [1.29, 1.82) is 0 Å². The molecule has 1 fully saturated rings. The maximum Gasteiger partial charge on any atom is 0.166 e. The number of nitrogen functional groups attached to an aromatic ring is 1. The van der Waals surface area contributed by atoms with Crippen molar-refractivity contribution < 1.29 is 9.13 Å². The van der Waals surface area contributed by atoms with Gasteiger partial charge in [0.2, 0.25) is 0 Å². The molecule has 0 unspecified atom stereocenters. The van der Waals surface area contributed by atoms with Gasteiger partial charge in [0.15, 0.2) is 5.82 Å². The van der Waals surface area contributed by atoms with Crippen molar-refractivity contribution in [2.75, 3.05) is 50.0 Å². The largest absolute Gasteiger partial charge is 0.396 e. The van der Waals surface area contributed by atoms with Gasteiger partial charge < -0.3 is 20.7 Å². The van der Waals surface area contributed by atoms with E-state index in [-0.39, 0.29) is 5.82 Å². The van der Waals surface area contributed by atoms with Crippen LogP contribution in [0.3, 0.4) is 0 Å². The molecule has 5 nitrogen and oxygen atoms in total. The van der Waals surface area contributed by atoms with E-state index in [1.165, 1.54) is 12.4 Å². The number of rotatable bonds is 1. The normalized spacial score (nSPS) is 18.6. The molecule has 0 spiro atoms. The molecule has 6 heteroatoms. The van der Waals surface area contributed by atoms with Crippen LogP contribution in [-0.2, 0) is 4.74 Å². The Balaban J connectivity index is 2.12. The summed E-state index contributed by atoms with van der Waals surface area (Å²) in [6.45, 7) is 4.47. The Morgan fingerprint density at radius 3 is 3.00 bits per heavy atom. The van der Waals surface area contributed by atoms with Crippen molar-refractivity contribution in [2.45, 2.75) is 6.42 Å². The fraction of sp³-hybridized carbons (Fsp3) is 0.583. The minimum Gasteiger partial charge on any atom is -0.396 e. The van der Waals surface area contributed by atoms with Crippen LogP contribution in [-0.4, -0.2) is 44.4 Å². The van der Waals surface area contributed by atoms with Crippen molar-refractivity contribution in [3.8, 4) is 0 Å². The summed E-state index contributed by atoms with van der Waals surface area (Å²) in [6, 6.07) is 0. The number of ether oxygens (including phenoxy) is 1. The molecule has 0 amide bonds. The molecule has 1 aromatic rings. The third-order valence-corrected chi connectivity index (χ3v) is 2.92. The number of anilines is 2. The summed E-state index contributed by atoms with van der Waals surface area (Å²) in [5.74, 6) is -0.368. The van der Waals surface area contributed by atoms with Gasteiger partial charge >= 0.3 is 0 Å². The smallest absolute Gasteiger partial charge is 0.166 e. The van der Waals surface area contributed by atoms with E-state index in [0.717, 1.165) is 39.2 Å². The highest BCUT2D eigenvalue weighted by Crippen LogP contribution is 2.25. The van der Waals surface area contributed by atoms with E-state index in [0.29, 0.717) is 18.0 Å². The van der Waals surface area contributed by atoms with Gasteiger partial charge in [0.05, 0.1) is 30.4 Å². The molecule has 0 aliphatic carbocycles. The highest BCUT2D eigenvalue weighted by atomic mass is 19.1. The highest BCUT2D eigenvalue weighted by molar-refractivity contribution is 5.66. The zero-order valence-corrected chi connectivity index (χ0v) is 10.4. The van der Waals surface area contributed by atoms with E-state index in [1.807, 2.05) is 4.90 Å². The summed E-state index contributed by atoms with van der Waals surface area (Å²) in [5, 5.41) is 3.25. The minimum atomic E-state index is -0.368. The Hall–Kier alpha value is -1.40. The van der Waals surface area contributed by atoms with Gasteiger partial charge in [0.25, 0.3) is 0 Å². The fourth-order valence-corrected chi connectivity index (χ4v) is 2.06. The number of hydrogen-bond acceptors (Lipinski definition) is 5. The van der Waals surface area contributed by atoms with Crippen LogP contribution in [0.5, 0.6) is 0 Å². The van der Waals surface area contributed by atoms with E-state index in [4.69, 9.17) is 10.5 Å². The molecule has 1 saturated heterocycles. The van der Waals surface area contributed by atoms with Gasteiger partial charge in [-0.05, 0) is 6.42 Å². The summed E-state index contributed by atoms with van der Waals surface area (Å²) in [7, 11) is 0. The molecule has 2 heterocycles. The molecule has 100 valence electrons. The number of pyridine rings is 1. The van der Waals surface area contributed by atoms with Gasteiger partial charge in [-0.3, -0.25) is 4.98 Å². The first-order chi connectivity index (χ1) is 8.79. The van der Waals surface area contributed by atoms with E-state index >= 15 is 0 Å². The third kappa shape index (κ3) is 3.30. The molecule has 18 heavy (non-hydrogen) atoms. The lowest BCUT2D eigenvalue weighted by atomic mass is 10.2. The van der Waals surface area contributed by atoms with Crippen LogP contribution in [0.4, 0.5) is 15.8 Å². The maximum atomic E-state index is 13.8. The minimum absolute atomic E-state index is 0.368. The van der Waals surface area contributed by atoms with Crippen LogP contribution < -0.4 is 16.0 Å². The van der Waals surface area contributed by atoms with Crippen molar-refractivity contribution in [1.82, 2.24) is 10.3 Å². The lowest BCUT2D eigenvalue weighted by Crippen LogP contribution is -2.36. The average Bonchev–Trinajstić information content (AvgIpc) is 2.37. The topological polar surface area (TPSA) is 63.4 Å². The molecule has 1 aliphatic heterocycles. The predicted molar refractivity (Wildman–Crippen MR) is 69.1 cm³/mol. The Morgan fingerprint density at radius 1 is 1.28 bits per heavy atom. The van der Waals surface area contributed by atoms with Crippen LogP contribution in [0.2, 0.25) is 0 Å². The van der Waals surface area contributed by atoms with Crippen LogP contribution in [0.15, 0.2) is 12.4 Å². The Labute approximate surface area is 106 Å². The van der Waals surface area contributed by atoms with Crippen LogP contribution >= 0.6 is 0 Å². The summed E-state index contributed by atoms with van der Waals surface area (Å²) < 4.78 is 19.2. The van der Waals surface area contributed by atoms with Gasteiger partial charge in [0.1, 0.15) is 0 Å². The molecule has 0 radical (unpaired) electrons. The first-order valence-corrected chi connectivity index (χ1v) is 6.21. The molecule has 0 saturated carbocycles. The Bertz CT molecular complexity index is 358. The molecule has 3 N–H and O–H groups in total. The standard InChI is InChI=1S/C12H19FN4O/c13-10-8-16-9-11(14)12(10)17-4-1-6-18-7-3-15-2-5-17/h8-9,15H,1-7,14H2. The quantitative estimate of drug-likeness (QED) is 0.769. The number of hydrogen-bond donors (Lipinski definition) is 2. The van der Waals surface area contributed by atoms with Gasteiger partial charge in [-0.1, -0.05) is 0 Å². The van der Waals surface area contributed by atoms with E-state index in [1.54, 1.807) is 0 Å². The van der Waals surface area contributed by atoms with E-state index in [2.05, 4.69) is 10.3 Å². The molecule has 2 rings (SSSR count). The van der Waals surface area contributed by atoms with Gasteiger partial charge in [-0.25, -0.2) is 4.39 Å². The zero-order chi connectivity index (χ0) is 12.8. The molecule has 1 aliphatic rings. The van der Waals surface area contributed by atoms with E-state index in [9.17, 15) is 4.39 Å². The second kappa shape index (κ2) is 6.51. The van der Waals surface area contributed by atoms with Crippen molar-refractivity contribution >= 4 is 11.4 Å². The molecule has 0 aromatic carbocycles. The second-order valence-electron chi connectivity index (χ2n) is 4.26. The molecular weight excluding hydrogens is 235 g/mol. The molecule has 0 atom stereocenters. The van der Waals surface area contributed by atoms with Crippen LogP contribution in [0, 0.1) is 5.82 Å². The molecular formula is C12H19FN4O. The van der Waals surface area contributed by atoms with Crippen molar-refractivity contribution in [3.05, 3.63) is 18.2 Å². The summed E-state index contributed by atoms with van der Waals surface area (Å²) in [4.78, 5) is 5.70. The number of aromatic nitrogens is 1. The van der Waals surface area contributed by atoms with E-state index < -0.39 is 0 Å². The number of nitrogens with one attached hydrogen (secondary N) is 1. The third-order valence-electron chi connectivity index (χ3n) is 2.92. The monoisotopic (exact) mass is 254 g/mol. The second-order valence-corrected chi connectivity index (χ2v) is 4.26. The number of halogens is 1. The van der Waals surface area contributed by atoms with Gasteiger partial charge in [-0.15, -0.1) is 0 Å². The number of nitrogens with two attached hydrogens (primary N) is 1. The lowest BCUT2D eigenvalue weighted by Gasteiger charge is -2.27. The predicted octanol–water partition coefficient (Wildman–Crippen LogP) is 0.619. The first kappa shape index (κ1) is 13.0. The maximum absolute atomic E-state index is 13.8. The first-order valence-electron chi connectivity index (χ1n) is 6.21. The number of nitrogens with zero attached hydrogens (tertiary/aromatic N) is 2. The fourth-order valence-electron chi connectivity index (χ4n) is 2.06.